The largest absolute Gasteiger partial charge is 0.492 e. The number of benzene rings is 1. The molecule has 2 aromatic rings. The van der Waals surface area contributed by atoms with Gasteiger partial charge in [-0.15, -0.1) is 0 Å². The van der Waals surface area contributed by atoms with Gasteiger partial charge in [0, 0.05) is 32.0 Å². The number of hydrogen-bond acceptors (Lipinski definition) is 3. The van der Waals surface area contributed by atoms with Gasteiger partial charge in [-0.1, -0.05) is 12.1 Å². The summed E-state index contributed by atoms with van der Waals surface area (Å²) in [4.78, 5) is 4.19. The molecule has 19 heavy (non-hydrogen) atoms. The molecule has 0 saturated heterocycles. The standard InChI is InChI=1S/C15H21N3O/c1-13-4-3-5-15(12-13)19-11-8-16-6-9-18-10-7-17-14(18)2/h3-5,7,10,12,16H,6,8-9,11H2,1-2H3. The number of nitrogens with one attached hydrogen (secondary N) is 1. The predicted octanol–water partition coefficient (Wildman–Crippen LogP) is 2.17. The van der Waals surface area contributed by atoms with E-state index in [0.717, 1.165) is 31.2 Å². The lowest BCUT2D eigenvalue weighted by molar-refractivity contribution is 0.313. The predicted molar refractivity (Wildman–Crippen MR) is 76.5 cm³/mol. The van der Waals surface area contributed by atoms with Gasteiger partial charge in [-0.05, 0) is 31.5 Å². The summed E-state index contributed by atoms with van der Waals surface area (Å²) in [5.41, 5.74) is 1.22. The van der Waals surface area contributed by atoms with Gasteiger partial charge in [0.2, 0.25) is 0 Å². The van der Waals surface area contributed by atoms with E-state index in [9.17, 15) is 0 Å². The first-order valence-electron chi connectivity index (χ1n) is 6.63. The molecule has 0 spiro atoms. The van der Waals surface area contributed by atoms with Crippen LogP contribution in [-0.4, -0.2) is 29.2 Å². The Morgan fingerprint density at radius 1 is 1.26 bits per heavy atom. The third-order valence-corrected chi connectivity index (χ3v) is 2.99. The molecule has 1 aromatic heterocycles. The van der Waals surface area contributed by atoms with Gasteiger partial charge in [-0.25, -0.2) is 4.98 Å². The van der Waals surface area contributed by atoms with Gasteiger partial charge in [-0.3, -0.25) is 0 Å². The Morgan fingerprint density at radius 3 is 2.89 bits per heavy atom. The van der Waals surface area contributed by atoms with E-state index in [1.165, 1.54) is 5.56 Å². The highest BCUT2D eigenvalue weighted by Gasteiger charge is 1.96. The van der Waals surface area contributed by atoms with Crippen molar-refractivity contribution in [2.75, 3.05) is 19.7 Å². The number of rotatable bonds is 7. The minimum atomic E-state index is 0.687. The van der Waals surface area contributed by atoms with Gasteiger partial charge in [0.25, 0.3) is 0 Å². The molecule has 1 heterocycles. The van der Waals surface area contributed by atoms with Gasteiger partial charge in [0.1, 0.15) is 18.2 Å². The van der Waals surface area contributed by atoms with Crippen LogP contribution in [0.25, 0.3) is 0 Å². The average Bonchev–Trinajstić information content (AvgIpc) is 2.79. The van der Waals surface area contributed by atoms with Crippen molar-refractivity contribution in [3.8, 4) is 5.75 Å². The van der Waals surface area contributed by atoms with Crippen LogP contribution in [-0.2, 0) is 6.54 Å². The maximum atomic E-state index is 5.67. The zero-order valence-electron chi connectivity index (χ0n) is 11.6. The van der Waals surface area contributed by atoms with E-state index in [4.69, 9.17) is 4.74 Å². The van der Waals surface area contributed by atoms with E-state index >= 15 is 0 Å². The molecule has 0 aliphatic rings. The number of hydrogen-bond donors (Lipinski definition) is 1. The molecule has 0 aliphatic heterocycles. The monoisotopic (exact) mass is 259 g/mol. The Labute approximate surface area is 114 Å². The fourth-order valence-corrected chi connectivity index (χ4v) is 1.91. The molecule has 0 atom stereocenters. The molecule has 0 bridgehead atoms. The summed E-state index contributed by atoms with van der Waals surface area (Å²) in [5, 5.41) is 3.36. The van der Waals surface area contributed by atoms with E-state index in [1.807, 2.05) is 31.5 Å². The second-order valence-electron chi connectivity index (χ2n) is 4.58. The number of aromatic nitrogens is 2. The molecule has 0 fully saturated rings. The van der Waals surface area contributed by atoms with Crippen LogP contribution in [0.15, 0.2) is 36.7 Å². The minimum absolute atomic E-state index is 0.687. The fourth-order valence-electron chi connectivity index (χ4n) is 1.91. The van der Waals surface area contributed by atoms with Crippen LogP contribution in [0.5, 0.6) is 5.75 Å². The summed E-state index contributed by atoms with van der Waals surface area (Å²) < 4.78 is 7.80. The Kier molecular flexibility index (Phi) is 4.98. The molecule has 0 aliphatic carbocycles. The molecule has 0 unspecified atom stereocenters. The normalized spacial score (nSPS) is 10.6. The highest BCUT2D eigenvalue weighted by molar-refractivity contribution is 5.27. The average molecular weight is 259 g/mol. The topological polar surface area (TPSA) is 39.1 Å². The van der Waals surface area contributed by atoms with E-state index < -0.39 is 0 Å². The maximum absolute atomic E-state index is 5.67. The van der Waals surface area contributed by atoms with E-state index in [-0.39, 0.29) is 0 Å². The van der Waals surface area contributed by atoms with Crippen molar-refractivity contribution in [3.63, 3.8) is 0 Å². The second kappa shape index (κ2) is 6.95. The zero-order valence-corrected chi connectivity index (χ0v) is 11.6. The molecule has 1 N–H and O–H groups in total. The first-order valence-corrected chi connectivity index (χ1v) is 6.63. The van der Waals surface area contributed by atoms with Crippen LogP contribution >= 0.6 is 0 Å². The number of nitrogens with zero attached hydrogens (tertiary/aromatic N) is 2. The molecule has 0 saturated carbocycles. The van der Waals surface area contributed by atoms with Crippen molar-refractivity contribution in [3.05, 3.63) is 48.0 Å². The Hall–Kier alpha value is -1.81. The number of aryl methyl sites for hydroxylation is 2. The molecule has 1 aromatic carbocycles. The smallest absolute Gasteiger partial charge is 0.119 e. The van der Waals surface area contributed by atoms with Crippen LogP contribution in [0.4, 0.5) is 0 Å². The number of imidazole rings is 1. The first-order chi connectivity index (χ1) is 9.25. The Bertz CT molecular complexity index is 508. The van der Waals surface area contributed by atoms with Crippen molar-refractivity contribution < 1.29 is 4.74 Å². The highest BCUT2D eigenvalue weighted by Crippen LogP contribution is 2.11. The summed E-state index contributed by atoms with van der Waals surface area (Å²) in [6.45, 7) is 7.48. The van der Waals surface area contributed by atoms with Crippen molar-refractivity contribution in [2.24, 2.45) is 0 Å². The van der Waals surface area contributed by atoms with Gasteiger partial charge in [-0.2, -0.15) is 0 Å². The zero-order chi connectivity index (χ0) is 13.5. The summed E-state index contributed by atoms with van der Waals surface area (Å²) >= 11 is 0. The SMILES string of the molecule is Cc1cccc(OCCNCCn2ccnc2C)c1. The van der Waals surface area contributed by atoms with Crippen molar-refractivity contribution in [1.29, 1.82) is 0 Å². The summed E-state index contributed by atoms with van der Waals surface area (Å²) in [7, 11) is 0. The van der Waals surface area contributed by atoms with Crippen LogP contribution in [0.1, 0.15) is 11.4 Å². The summed E-state index contributed by atoms with van der Waals surface area (Å²) in [6.07, 6.45) is 3.83. The lowest BCUT2D eigenvalue weighted by Gasteiger charge is -2.09. The van der Waals surface area contributed by atoms with Crippen molar-refractivity contribution in [1.82, 2.24) is 14.9 Å². The quantitative estimate of drug-likeness (QED) is 0.775. The molecular weight excluding hydrogens is 238 g/mol. The van der Waals surface area contributed by atoms with Crippen LogP contribution in [0, 0.1) is 13.8 Å². The van der Waals surface area contributed by atoms with Crippen molar-refractivity contribution >= 4 is 0 Å². The summed E-state index contributed by atoms with van der Waals surface area (Å²) in [6, 6.07) is 8.12. The Balaban J connectivity index is 1.59. The second-order valence-corrected chi connectivity index (χ2v) is 4.58. The van der Waals surface area contributed by atoms with Gasteiger partial charge >= 0.3 is 0 Å². The van der Waals surface area contributed by atoms with Crippen LogP contribution < -0.4 is 10.1 Å². The molecule has 0 amide bonds. The molecule has 4 heteroatoms. The molecule has 2 rings (SSSR count). The summed E-state index contributed by atoms with van der Waals surface area (Å²) in [5.74, 6) is 1.99. The maximum Gasteiger partial charge on any atom is 0.119 e. The lowest BCUT2D eigenvalue weighted by atomic mass is 10.2. The van der Waals surface area contributed by atoms with E-state index in [2.05, 4.69) is 33.9 Å². The lowest BCUT2D eigenvalue weighted by Crippen LogP contribution is -2.25. The third kappa shape index (κ3) is 4.41. The number of ether oxygens (including phenoxy) is 1. The molecule has 0 radical (unpaired) electrons. The molecule has 102 valence electrons. The minimum Gasteiger partial charge on any atom is -0.492 e. The van der Waals surface area contributed by atoms with Crippen molar-refractivity contribution in [2.45, 2.75) is 20.4 Å². The molecular formula is C15H21N3O. The van der Waals surface area contributed by atoms with Crippen LogP contribution in [0.2, 0.25) is 0 Å². The molecule has 4 nitrogen and oxygen atoms in total. The third-order valence-electron chi connectivity index (χ3n) is 2.99. The highest BCUT2D eigenvalue weighted by atomic mass is 16.5. The van der Waals surface area contributed by atoms with E-state index in [0.29, 0.717) is 6.61 Å². The Morgan fingerprint density at radius 2 is 2.16 bits per heavy atom. The first kappa shape index (κ1) is 13.6. The van der Waals surface area contributed by atoms with Gasteiger partial charge in [0.05, 0.1) is 0 Å². The van der Waals surface area contributed by atoms with Gasteiger partial charge in [0.15, 0.2) is 0 Å². The van der Waals surface area contributed by atoms with E-state index in [1.54, 1.807) is 0 Å². The van der Waals surface area contributed by atoms with Crippen LogP contribution in [0.3, 0.4) is 0 Å². The van der Waals surface area contributed by atoms with Gasteiger partial charge < -0.3 is 14.6 Å². The fraction of sp³-hybridized carbons (Fsp3) is 0.400.